The molecule has 0 bridgehead atoms. The van der Waals surface area contributed by atoms with Crippen LogP contribution in [0.4, 0.5) is 0 Å². The van der Waals surface area contributed by atoms with Crippen molar-refractivity contribution >= 4 is 5.97 Å². The molecule has 0 fully saturated rings. The highest BCUT2D eigenvalue weighted by Crippen LogP contribution is 2.14. The molecule has 0 spiro atoms. The van der Waals surface area contributed by atoms with E-state index in [1.54, 1.807) is 7.11 Å². The minimum absolute atomic E-state index is 0.242. The summed E-state index contributed by atoms with van der Waals surface area (Å²) in [5.41, 5.74) is 0.590. The molecule has 1 aromatic rings. The fourth-order valence-corrected chi connectivity index (χ4v) is 1.54. The summed E-state index contributed by atoms with van der Waals surface area (Å²) in [5, 5.41) is 0. The lowest BCUT2D eigenvalue weighted by atomic mass is 10.2. The topological polar surface area (TPSA) is 44.8 Å². The van der Waals surface area contributed by atoms with Crippen LogP contribution in [0.3, 0.4) is 0 Å². The number of carbonyl (C=O) groups is 1. The number of rotatable bonds is 6. The molecule has 106 valence electrons. The van der Waals surface area contributed by atoms with Crippen LogP contribution in [0.2, 0.25) is 0 Å². The van der Waals surface area contributed by atoms with Crippen molar-refractivity contribution in [2.24, 2.45) is 0 Å². The molecule has 0 saturated heterocycles. The Morgan fingerprint density at radius 1 is 1.26 bits per heavy atom. The first-order valence-electron chi connectivity index (χ1n) is 6.33. The molecule has 0 aliphatic carbocycles. The second-order valence-corrected chi connectivity index (χ2v) is 5.27. The molecule has 1 rings (SSSR count). The lowest BCUT2D eigenvalue weighted by Crippen LogP contribution is -2.24. The molecule has 0 saturated carbocycles. The zero-order valence-corrected chi connectivity index (χ0v) is 12.1. The summed E-state index contributed by atoms with van der Waals surface area (Å²) < 4.78 is 15.8. The lowest BCUT2D eigenvalue weighted by Gasteiger charge is -2.19. The van der Waals surface area contributed by atoms with Crippen LogP contribution < -0.4 is 4.74 Å². The Labute approximate surface area is 114 Å². The molecule has 0 N–H and O–H groups in total. The summed E-state index contributed by atoms with van der Waals surface area (Å²) in [6.07, 6.45) is 0.242. The van der Waals surface area contributed by atoms with Crippen LogP contribution in [0.25, 0.3) is 0 Å². The summed E-state index contributed by atoms with van der Waals surface area (Å²) in [6, 6.07) is 7.62. The summed E-state index contributed by atoms with van der Waals surface area (Å²) in [7, 11) is 1.65. The molecule has 0 amide bonds. The van der Waals surface area contributed by atoms with E-state index in [1.807, 2.05) is 45.0 Å². The van der Waals surface area contributed by atoms with E-state index in [4.69, 9.17) is 14.2 Å². The number of benzene rings is 1. The van der Waals surface area contributed by atoms with Crippen LogP contribution in [0.1, 0.15) is 32.8 Å². The van der Waals surface area contributed by atoms with Gasteiger partial charge >= 0.3 is 5.97 Å². The lowest BCUT2D eigenvalue weighted by molar-refractivity contribution is -0.155. The Hall–Kier alpha value is -1.55. The first kappa shape index (κ1) is 15.5. The average Bonchev–Trinajstić information content (AvgIpc) is 2.27. The Morgan fingerprint density at radius 2 is 2.00 bits per heavy atom. The van der Waals surface area contributed by atoms with Crippen molar-refractivity contribution in [3.8, 4) is 5.75 Å². The maximum atomic E-state index is 11.5. The molecule has 0 aromatic heterocycles. The molecule has 0 radical (unpaired) electrons. The second kappa shape index (κ2) is 7.14. The van der Waals surface area contributed by atoms with E-state index in [0.29, 0.717) is 13.2 Å². The van der Waals surface area contributed by atoms with Gasteiger partial charge < -0.3 is 14.2 Å². The predicted molar refractivity (Wildman–Crippen MR) is 73.1 cm³/mol. The van der Waals surface area contributed by atoms with Gasteiger partial charge in [-0.3, -0.25) is 4.79 Å². The van der Waals surface area contributed by atoms with E-state index in [0.717, 1.165) is 11.3 Å². The maximum Gasteiger partial charge on any atom is 0.309 e. The smallest absolute Gasteiger partial charge is 0.309 e. The van der Waals surface area contributed by atoms with Gasteiger partial charge in [0.1, 0.15) is 11.4 Å². The van der Waals surface area contributed by atoms with Gasteiger partial charge in [-0.2, -0.15) is 0 Å². The molecule has 4 heteroatoms. The largest absolute Gasteiger partial charge is 0.493 e. The van der Waals surface area contributed by atoms with E-state index >= 15 is 0 Å². The van der Waals surface area contributed by atoms with Gasteiger partial charge in [-0.25, -0.2) is 0 Å². The monoisotopic (exact) mass is 266 g/mol. The summed E-state index contributed by atoms with van der Waals surface area (Å²) in [5.74, 6) is 0.485. The van der Waals surface area contributed by atoms with Crippen LogP contribution in [-0.4, -0.2) is 25.3 Å². The van der Waals surface area contributed by atoms with E-state index in [9.17, 15) is 4.79 Å². The van der Waals surface area contributed by atoms with Gasteiger partial charge in [0.05, 0.1) is 19.6 Å². The zero-order chi connectivity index (χ0) is 14.3. The minimum Gasteiger partial charge on any atom is -0.493 e. The molecule has 19 heavy (non-hydrogen) atoms. The van der Waals surface area contributed by atoms with Gasteiger partial charge in [0.15, 0.2) is 0 Å². The van der Waals surface area contributed by atoms with Crippen LogP contribution in [0.5, 0.6) is 5.75 Å². The number of esters is 1. The van der Waals surface area contributed by atoms with E-state index in [2.05, 4.69) is 0 Å². The van der Waals surface area contributed by atoms with E-state index in [-0.39, 0.29) is 12.4 Å². The van der Waals surface area contributed by atoms with Gasteiger partial charge in [-0.15, -0.1) is 0 Å². The van der Waals surface area contributed by atoms with Crippen LogP contribution in [-0.2, 0) is 20.9 Å². The molecule has 0 heterocycles. The first-order valence-corrected chi connectivity index (χ1v) is 6.33. The number of carbonyl (C=O) groups excluding carboxylic acids is 1. The number of ether oxygens (including phenoxy) is 3. The molecular weight excluding hydrogens is 244 g/mol. The van der Waals surface area contributed by atoms with Gasteiger partial charge in [-0.05, 0) is 38.5 Å². The highest BCUT2D eigenvalue weighted by atomic mass is 16.6. The second-order valence-electron chi connectivity index (χ2n) is 5.27. The summed E-state index contributed by atoms with van der Waals surface area (Å²) in [6.45, 7) is 6.40. The standard InChI is InChI=1S/C15H22O4/c1-15(2,3)19-14(16)8-9-18-13-7-5-6-12(10-13)11-17-4/h5-7,10H,8-9,11H2,1-4H3. The maximum absolute atomic E-state index is 11.5. The number of methoxy groups -OCH3 is 1. The first-order chi connectivity index (χ1) is 8.90. The Bertz CT molecular complexity index is 407. The van der Waals surface area contributed by atoms with Crippen molar-refractivity contribution < 1.29 is 19.0 Å². The zero-order valence-electron chi connectivity index (χ0n) is 12.1. The average molecular weight is 266 g/mol. The van der Waals surface area contributed by atoms with Crippen LogP contribution in [0.15, 0.2) is 24.3 Å². The Balaban J connectivity index is 2.36. The molecule has 0 unspecified atom stereocenters. The molecule has 0 atom stereocenters. The number of hydrogen-bond acceptors (Lipinski definition) is 4. The Kier molecular flexibility index (Phi) is 5.83. The summed E-state index contributed by atoms with van der Waals surface area (Å²) in [4.78, 5) is 11.5. The van der Waals surface area contributed by atoms with Crippen molar-refractivity contribution in [2.75, 3.05) is 13.7 Å². The third kappa shape index (κ3) is 6.82. The van der Waals surface area contributed by atoms with E-state index in [1.165, 1.54) is 0 Å². The van der Waals surface area contributed by atoms with Gasteiger partial charge in [0.25, 0.3) is 0 Å². The predicted octanol–water partition coefficient (Wildman–Crippen LogP) is 2.94. The van der Waals surface area contributed by atoms with Gasteiger partial charge in [0.2, 0.25) is 0 Å². The fourth-order valence-electron chi connectivity index (χ4n) is 1.54. The highest BCUT2D eigenvalue weighted by molar-refractivity contribution is 5.69. The van der Waals surface area contributed by atoms with Gasteiger partial charge in [0, 0.05) is 7.11 Å². The van der Waals surface area contributed by atoms with Crippen molar-refractivity contribution in [2.45, 2.75) is 39.4 Å². The summed E-state index contributed by atoms with van der Waals surface area (Å²) >= 11 is 0. The third-order valence-electron chi connectivity index (χ3n) is 2.20. The fraction of sp³-hybridized carbons (Fsp3) is 0.533. The quantitative estimate of drug-likeness (QED) is 0.743. The minimum atomic E-state index is -0.449. The molecule has 4 nitrogen and oxygen atoms in total. The highest BCUT2D eigenvalue weighted by Gasteiger charge is 2.15. The molecule has 1 aromatic carbocycles. The molecular formula is C15H22O4. The van der Waals surface area contributed by atoms with Crippen LogP contribution in [0, 0.1) is 0 Å². The molecule has 0 aliphatic rings. The van der Waals surface area contributed by atoms with Crippen LogP contribution >= 0.6 is 0 Å². The SMILES string of the molecule is COCc1cccc(OCCC(=O)OC(C)(C)C)c1. The molecule has 0 aliphatic heterocycles. The van der Waals surface area contributed by atoms with E-state index < -0.39 is 5.60 Å². The third-order valence-corrected chi connectivity index (χ3v) is 2.20. The van der Waals surface area contributed by atoms with Crippen molar-refractivity contribution in [3.05, 3.63) is 29.8 Å². The van der Waals surface area contributed by atoms with Crippen molar-refractivity contribution in [1.82, 2.24) is 0 Å². The van der Waals surface area contributed by atoms with Crippen molar-refractivity contribution in [3.63, 3.8) is 0 Å². The number of hydrogen-bond donors (Lipinski definition) is 0. The Morgan fingerprint density at radius 3 is 2.63 bits per heavy atom. The van der Waals surface area contributed by atoms with Crippen molar-refractivity contribution in [1.29, 1.82) is 0 Å². The normalized spacial score (nSPS) is 11.2. The van der Waals surface area contributed by atoms with Gasteiger partial charge in [-0.1, -0.05) is 12.1 Å².